The van der Waals surface area contributed by atoms with Crippen LogP contribution in [0.3, 0.4) is 0 Å². The van der Waals surface area contributed by atoms with Gasteiger partial charge in [-0.3, -0.25) is 14.6 Å². The highest BCUT2D eigenvalue weighted by atomic mass is 16.5. The van der Waals surface area contributed by atoms with Crippen molar-refractivity contribution in [3.8, 4) is 5.75 Å². The van der Waals surface area contributed by atoms with E-state index in [0.29, 0.717) is 25.1 Å². The van der Waals surface area contributed by atoms with Crippen molar-refractivity contribution in [2.24, 2.45) is 0 Å². The Balaban J connectivity index is 1.35. The summed E-state index contributed by atoms with van der Waals surface area (Å²) in [5.74, 6) is 0.624. The lowest BCUT2D eigenvalue weighted by Crippen LogP contribution is -2.26. The van der Waals surface area contributed by atoms with Crippen molar-refractivity contribution in [2.45, 2.75) is 32.6 Å². The predicted octanol–water partition coefficient (Wildman–Crippen LogP) is 4.35. The first kappa shape index (κ1) is 20.5. The number of rotatable bonds is 10. The molecule has 2 aromatic carbocycles. The van der Waals surface area contributed by atoms with Gasteiger partial charge in [0.15, 0.2) is 5.78 Å². The van der Waals surface area contributed by atoms with Crippen LogP contribution in [0.2, 0.25) is 0 Å². The third-order valence-electron chi connectivity index (χ3n) is 4.76. The van der Waals surface area contributed by atoms with Crippen LogP contribution >= 0.6 is 0 Å². The van der Waals surface area contributed by atoms with Crippen LogP contribution in [0.15, 0.2) is 60.8 Å². The van der Waals surface area contributed by atoms with Gasteiger partial charge in [-0.15, -0.1) is 0 Å². The molecule has 0 radical (unpaired) electrons. The molecule has 0 saturated heterocycles. The van der Waals surface area contributed by atoms with Crippen molar-refractivity contribution in [2.75, 3.05) is 13.2 Å². The van der Waals surface area contributed by atoms with E-state index in [2.05, 4.69) is 17.2 Å². The molecule has 0 saturated carbocycles. The van der Waals surface area contributed by atoms with Crippen molar-refractivity contribution in [1.29, 1.82) is 0 Å². The summed E-state index contributed by atoms with van der Waals surface area (Å²) >= 11 is 0. The number of Topliss-reactive ketones (excluding diaryl/α,β-unsaturated/α-hetero) is 1. The minimum atomic E-state index is -0.115. The number of fused-ring (bicyclic) bond motifs is 1. The summed E-state index contributed by atoms with van der Waals surface area (Å²) in [5.41, 5.74) is 2.69. The molecule has 0 unspecified atom stereocenters. The third kappa shape index (κ3) is 5.88. The molecule has 0 fully saturated rings. The summed E-state index contributed by atoms with van der Waals surface area (Å²) in [6, 6.07) is 17.3. The number of pyridine rings is 1. The number of para-hydroxylation sites is 1. The van der Waals surface area contributed by atoms with Gasteiger partial charge in [0.05, 0.1) is 6.61 Å². The van der Waals surface area contributed by atoms with Gasteiger partial charge in [0.1, 0.15) is 11.3 Å². The molecule has 29 heavy (non-hydrogen) atoms. The van der Waals surface area contributed by atoms with Crippen LogP contribution in [0.1, 0.15) is 42.1 Å². The fourth-order valence-electron chi connectivity index (χ4n) is 3.06. The van der Waals surface area contributed by atoms with Crippen LogP contribution in [0, 0.1) is 0 Å². The van der Waals surface area contributed by atoms with Gasteiger partial charge < -0.3 is 10.1 Å². The Bertz CT molecular complexity index is 962. The fraction of sp³-hybridized carbons (Fsp3) is 0.292. The summed E-state index contributed by atoms with van der Waals surface area (Å²) in [6.07, 6.45) is 3.78. The van der Waals surface area contributed by atoms with E-state index in [1.54, 1.807) is 6.20 Å². The van der Waals surface area contributed by atoms with E-state index in [1.165, 1.54) is 5.56 Å². The van der Waals surface area contributed by atoms with Crippen LogP contribution in [0.4, 0.5) is 0 Å². The molecule has 1 N–H and O–H groups in total. The summed E-state index contributed by atoms with van der Waals surface area (Å²) in [5, 5.41) is 3.88. The van der Waals surface area contributed by atoms with Crippen molar-refractivity contribution in [3.05, 3.63) is 71.9 Å². The molecule has 3 aromatic rings. The minimum Gasteiger partial charge on any atom is -0.491 e. The number of hydrogen-bond donors (Lipinski definition) is 1. The van der Waals surface area contributed by atoms with Crippen LogP contribution in [-0.4, -0.2) is 29.8 Å². The second kappa shape index (κ2) is 10.4. The molecule has 5 nitrogen and oxygen atoms in total. The number of benzene rings is 2. The average Bonchev–Trinajstić information content (AvgIpc) is 2.77. The molecule has 0 bridgehead atoms. The molecule has 1 aromatic heterocycles. The first-order valence-corrected chi connectivity index (χ1v) is 10.0. The molecule has 0 spiro atoms. The largest absolute Gasteiger partial charge is 0.491 e. The zero-order valence-electron chi connectivity index (χ0n) is 16.7. The Morgan fingerprint density at radius 2 is 1.79 bits per heavy atom. The van der Waals surface area contributed by atoms with Gasteiger partial charge in [-0.25, -0.2) is 0 Å². The zero-order chi connectivity index (χ0) is 20.5. The van der Waals surface area contributed by atoms with Crippen molar-refractivity contribution >= 4 is 22.6 Å². The lowest BCUT2D eigenvalue weighted by Gasteiger charge is -2.09. The van der Waals surface area contributed by atoms with Crippen molar-refractivity contribution < 1.29 is 14.3 Å². The van der Waals surface area contributed by atoms with E-state index in [4.69, 9.17) is 4.74 Å². The first-order chi connectivity index (χ1) is 14.2. The minimum absolute atomic E-state index is 0.00501. The van der Waals surface area contributed by atoms with Gasteiger partial charge in [0.25, 0.3) is 0 Å². The highest BCUT2D eigenvalue weighted by Crippen LogP contribution is 2.22. The fourth-order valence-corrected chi connectivity index (χ4v) is 3.06. The Morgan fingerprint density at radius 3 is 2.59 bits per heavy atom. The van der Waals surface area contributed by atoms with Gasteiger partial charge in [0.2, 0.25) is 5.91 Å². The van der Waals surface area contributed by atoms with E-state index in [-0.39, 0.29) is 24.5 Å². The van der Waals surface area contributed by atoms with Crippen LogP contribution in [-0.2, 0) is 11.2 Å². The summed E-state index contributed by atoms with van der Waals surface area (Å²) in [7, 11) is 0. The summed E-state index contributed by atoms with van der Waals surface area (Å²) < 4.78 is 5.81. The smallest absolute Gasteiger partial charge is 0.220 e. The maximum atomic E-state index is 12.2. The van der Waals surface area contributed by atoms with E-state index in [9.17, 15) is 9.59 Å². The lowest BCUT2D eigenvalue weighted by molar-refractivity contribution is -0.121. The quantitative estimate of drug-likeness (QED) is 0.413. The summed E-state index contributed by atoms with van der Waals surface area (Å²) in [4.78, 5) is 28.5. The molecule has 5 heteroatoms. The maximum absolute atomic E-state index is 12.2. The Labute approximate surface area is 171 Å². The average molecular weight is 390 g/mol. The number of carbonyl (C=O) groups is 2. The van der Waals surface area contributed by atoms with E-state index in [1.807, 2.05) is 54.6 Å². The Hall–Kier alpha value is -3.21. The molecule has 1 amide bonds. The van der Waals surface area contributed by atoms with Gasteiger partial charge in [0, 0.05) is 36.5 Å². The number of ketones is 1. The van der Waals surface area contributed by atoms with E-state index >= 15 is 0 Å². The van der Waals surface area contributed by atoms with Gasteiger partial charge >= 0.3 is 0 Å². The molecule has 3 rings (SSSR count). The molecular formula is C24H26N2O3. The second-order valence-electron chi connectivity index (χ2n) is 6.86. The lowest BCUT2D eigenvalue weighted by atomic mass is 10.0. The molecule has 0 aliphatic heterocycles. The first-order valence-electron chi connectivity index (χ1n) is 10.0. The van der Waals surface area contributed by atoms with Gasteiger partial charge in [-0.1, -0.05) is 49.4 Å². The second-order valence-corrected chi connectivity index (χ2v) is 6.86. The van der Waals surface area contributed by atoms with Crippen molar-refractivity contribution in [1.82, 2.24) is 10.3 Å². The molecule has 1 heterocycles. The van der Waals surface area contributed by atoms with Crippen LogP contribution in [0.5, 0.6) is 5.75 Å². The van der Waals surface area contributed by atoms with Gasteiger partial charge in [-0.2, -0.15) is 0 Å². The van der Waals surface area contributed by atoms with E-state index in [0.717, 1.165) is 23.1 Å². The topological polar surface area (TPSA) is 68.3 Å². The highest BCUT2D eigenvalue weighted by Gasteiger charge is 2.09. The number of hydrogen-bond acceptors (Lipinski definition) is 4. The van der Waals surface area contributed by atoms with E-state index < -0.39 is 0 Å². The highest BCUT2D eigenvalue weighted by molar-refractivity contribution is 5.98. The Kier molecular flexibility index (Phi) is 7.34. The Morgan fingerprint density at radius 1 is 1.00 bits per heavy atom. The normalized spacial score (nSPS) is 10.7. The monoisotopic (exact) mass is 390 g/mol. The molecule has 0 aliphatic rings. The number of ether oxygens (including phenoxy) is 1. The number of nitrogens with one attached hydrogen (secondary N) is 1. The standard InChI is InChI=1S/C24H26N2O3/c1-2-18-9-11-19(12-10-18)21(27)13-14-23(28)25-16-5-17-29-22-8-3-6-20-7-4-15-26-24(20)22/h3-4,6-12,15H,2,5,13-14,16-17H2,1H3,(H,25,28). The molecule has 0 atom stereocenters. The number of aromatic nitrogens is 1. The van der Waals surface area contributed by atoms with Crippen LogP contribution < -0.4 is 10.1 Å². The number of aryl methyl sites for hydroxylation is 1. The molecular weight excluding hydrogens is 364 g/mol. The number of carbonyl (C=O) groups excluding carboxylic acids is 2. The van der Waals surface area contributed by atoms with Crippen molar-refractivity contribution in [3.63, 3.8) is 0 Å². The maximum Gasteiger partial charge on any atom is 0.220 e. The third-order valence-corrected chi connectivity index (χ3v) is 4.76. The zero-order valence-corrected chi connectivity index (χ0v) is 16.7. The predicted molar refractivity (Wildman–Crippen MR) is 114 cm³/mol. The molecule has 0 aliphatic carbocycles. The van der Waals surface area contributed by atoms with Gasteiger partial charge in [-0.05, 0) is 30.5 Å². The van der Waals surface area contributed by atoms with Crippen LogP contribution in [0.25, 0.3) is 10.9 Å². The SMILES string of the molecule is CCc1ccc(C(=O)CCC(=O)NCCCOc2cccc3cccnc23)cc1. The molecule has 150 valence electrons. The number of amides is 1. The number of nitrogens with zero attached hydrogens (tertiary/aromatic N) is 1. The summed E-state index contributed by atoms with van der Waals surface area (Å²) in [6.45, 7) is 3.07.